The maximum absolute atomic E-state index is 11.7. The minimum absolute atomic E-state index is 0.0169. The van der Waals surface area contributed by atoms with Crippen LogP contribution in [0, 0.1) is 0 Å². The van der Waals surface area contributed by atoms with Crippen molar-refractivity contribution in [3.63, 3.8) is 0 Å². The van der Waals surface area contributed by atoms with Crippen LogP contribution in [0.5, 0.6) is 0 Å². The highest BCUT2D eigenvalue weighted by Gasteiger charge is 2.24. The summed E-state index contributed by atoms with van der Waals surface area (Å²) in [6, 6.07) is 3.26. The van der Waals surface area contributed by atoms with Crippen molar-refractivity contribution < 1.29 is 28.3 Å². The van der Waals surface area contributed by atoms with Crippen LogP contribution in [0.4, 0.5) is 0 Å². The molecule has 0 unspecified atom stereocenters. The van der Waals surface area contributed by atoms with Gasteiger partial charge in [0.15, 0.2) is 0 Å². The lowest BCUT2D eigenvalue weighted by atomic mass is 10.3. The summed E-state index contributed by atoms with van der Waals surface area (Å²) in [4.78, 5) is 46.2. The molecule has 1 aromatic rings. The first-order chi connectivity index (χ1) is 10.9. The van der Waals surface area contributed by atoms with Gasteiger partial charge in [0.2, 0.25) is 17.7 Å². The average molecular weight is 323 g/mol. The van der Waals surface area contributed by atoms with E-state index in [2.05, 4.69) is 5.32 Å². The molecule has 9 nitrogen and oxygen atoms in total. The van der Waals surface area contributed by atoms with E-state index in [-0.39, 0.29) is 50.9 Å². The van der Waals surface area contributed by atoms with Crippen LogP contribution in [0.25, 0.3) is 0 Å². The molecule has 2 rings (SSSR count). The van der Waals surface area contributed by atoms with Crippen LogP contribution < -0.4 is 11.1 Å². The van der Waals surface area contributed by atoms with Crippen molar-refractivity contribution >= 4 is 23.7 Å². The van der Waals surface area contributed by atoms with Crippen LogP contribution in [0.1, 0.15) is 24.4 Å². The molecule has 23 heavy (non-hydrogen) atoms. The van der Waals surface area contributed by atoms with Gasteiger partial charge in [0.1, 0.15) is 24.7 Å². The summed E-state index contributed by atoms with van der Waals surface area (Å²) in [5, 5.41) is 2.45. The van der Waals surface area contributed by atoms with E-state index in [1.807, 2.05) is 0 Å². The summed E-state index contributed by atoms with van der Waals surface area (Å²) >= 11 is 0. The quantitative estimate of drug-likeness (QED) is 0.622. The Bertz CT molecular complexity index is 624. The van der Waals surface area contributed by atoms with Gasteiger partial charge in [-0.05, 0) is 12.1 Å². The number of furan rings is 1. The summed E-state index contributed by atoms with van der Waals surface area (Å²) in [5.41, 5.74) is 4.94. The number of amides is 3. The molecule has 0 radical (unpaired) electrons. The number of nitrogens with zero attached hydrogens (tertiary/aromatic N) is 1. The van der Waals surface area contributed by atoms with Gasteiger partial charge in [0.05, 0.1) is 19.5 Å². The highest BCUT2D eigenvalue weighted by atomic mass is 16.5. The molecule has 1 aliphatic heterocycles. The highest BCUT2D eigenvalue weighted by Crippen LogP contribution is 2.13. The summed E-state index contributed by atoms with van der Waals surface area (Å²) in [7, 11) is 0. The zero-order valence-corrected chi connectivity index (χ0v) is 12.4. The van der Waals surface area contributed by atoms with Gasteiger partial charge in [-0.3, -0.25) is 19.2 Å². The van der Waals surface area contributed by atoms with Gasteiger partial charge in [-0.2, -0.15) is 0 Å². The predicted molar refractivity (Wildman–Crippen MR) is 75.4 cm³/mol. The molecule has 9 heteroatoms. The second kappa shape index (κ2) is 7.43. The first-order valence-electron chi connectivity index (χ1n) is 7.00. The van der Waals surface area contributed by atoms with E-state index in [1.54, 1.807) is 12.1 Å². The molecule has 0 saturated carbocycles. The Hall–Kier alpha value is -2.84. The van der Waals surface area contributed by atoms with E-state index in [0.29, 0.717) is 11.5 Å². The molecule has 0 bridgehead atoms. The Morgan fingerprint density at radius 2 is 2.00 bits per heavy atom. The number of nitrogens with two attached hydrogens (primary N) is 1. The van der Waals surface area contributed by atoms with E-state index >= 15 is 0 Å². The maximum atomic E-state index is 11.7. The lowest BCUT2D eigenvalue weighted by Gasteiger charge is -2.25. The monoisotopic (exact) mass is 323 g/mol. The molecule has 1 aromatic heterocycles. The predicted octanol–water partition coefficient (Wildman–Crippen LogP) is -0.953. The summed E-state index contributed by atoms with van der Waals surface area (Å²) in [5.74, 6) is -0.653. The fraction of sp³-hybridized carbons (Fsp3) is 0.429. The van der Waals surface area contributed by atoms with Crippen LogP contribution in [0.2, 0.25) is 0 Å². The molecule has 3 amide bonds. The zero-order valence-electron chi connectivity index (χ0n) is 12.4. The van der Waals surface area contributed by atoms with Crippen molar-refractivity contribution in [2.24, 2.45) is 5.73 Å². The van der Waals surface area contributed by atoms with Crippen molar-refractivity contribution in [1.82, 2.24) is 10.2 Å². The van der Waals surface area contributed by atoms with Crippen LogP contribution in [0.3, 0.4) is 0 Å². The van der Waals surface area contributed by atoms with Gasteiger partial charge in [-0.15, -0.1) is 0 Å². The van der Waals surface area contributed by atoms with Crippen molar-refractivity contribution in [2.75, 3.05) is 13.1 Å². The Morgan fingerprint density at radius 1 is 1.26 bits per heavy atom. The van der Waals surface area contributed by atoms with Gasteiger partial charge in [-0.1, -0.05) is 0 Å². The van der Waals surface area contributed by atoms with Gasteiger partial charge >= 0.3 is 5.97 Å². The summed E-state index contributed by atoms with van der Waals surface area (Å²) < 4.78 is 10.4. The molecule has 0 atom stereocenters. The third kappa shape index (κ3) is 5.13. The second-order valence-corrected chi connectivity index (χ2v) is 5.02. The van der Waals surface area contributed by atoms with Gasteiger partial charge in [0, 0.05) is 6.42 Å². The molecule has 1 saturated heterocycles. The normalized spacial score (nSPS) is 14.5. The number of primary amides is 1. The number of carbonyl (C=O) groups excluding carboxylic acids is 4. The van der Waals surface area contributed by atoms with Gasteiger partial charge in [0.25, 0.3) is 0 Å². The summed E-state index contributed by atoms with van der Waals surface area (Å²) in [6.45, 7) is 0.0503. The van der Waals surface area contributed by atoms with Crippen LogP contribution in [-0.4, -0.2) is 41.7 Å². The van der Waals surface area contributed by atoms with E-state index in [9.17, 15) is 19.2 Å². The molecule has 1 aliphatic rings. The number of carbonyl (C=O) groups is 4. The topological polar surface area (TPSA) is 132 Å². The SMILES string of the molecule is NC(=O)CCC(=O)OCc1ccc(CN2CC(=O)NCC2=O)o1. The van der Waals surface area contributed by atoms with E-state index in [0.717, 1.165) is 0 Å². The maximum Gasteiger partial charge on any atom is 0.306 e. The molecular weight excluding hydrogens is 306 g/mol. The molecule has 2 heterocycles. The fourth-order valence-corrected chi connectivity index (χ4v) is 1.97. The third-order valence-electron chi connectivity index (χ3n) is 3.14. The number of rotatable bonds is 7. The second-order valence-electron chi connectivity index (χ2n) is 5.02. The Labute approximate surface area is 131 Å². The van der Waals surface area contributed by atoms with E-state index in [4.69, 9.17) is 14.9 Å². The molecule has 0 aromatic carbocycles. The first kappa shape index (κ1) is 16.5. The van der Waals surface area contributed by atoms with Gasteiger partial charge in [-0.25, -0.2) is 0 Å². The largest absolute Gasteiger partial charge is 0.461 e. The third-order valence-corrected chi connectivity index (χ3v) is 3.14. The zero-order chi connectivity index (χ0) is 16.8. The van der Waals surface area contributed by atoms with Crippen LogP contribution >= 0.6 is 0 Å². The molecule has 1 fully saturated rings. The standard InChI is InChI=1S/C14H17N3O6/c15-11(18)3-4-14(21)22-8-10-2-1-9(23-10)6-17-7-12(19)16-5-13(17)20/h1-2H,3-8H2,(H2,15,18)(H,16,19). The van der Waals surface area contributed by atoms with Crippen molar-refractivity contribution in [1.29, 1.82) is 0 Å². The number of piperazine rings is 1. The number of esters is 1. The van der Waals surface area contributed by atoms with Crippen LogP contribution in [0.15, 0.2) is 16.5 Å². The number of nitrogens with one attached hydrogen (secondary N) is 1. The minimum atomic E-state index is -0.572. The first-order valence-corrected chi connectivity index (χ1v) is 7.00. The Balaban J connectivity index is 1.81. The average Bonchev–Trinajstić information content (AvgIpc) is 2.94. The molecule has 124 valence electrons. The smallest absolute Gasteiger partial charge is 0.306 e. The summed E-state index contributed by atoms with van der Waals surface area (Å²) in [6.07, 6.45) is -0.151. The van der Waals surface area contributed by atoms with Crippen molar-refractivity contribution in [3.05, 3.63) is 23.7 Å². The van der Waals surface area contributed by atoms with Crippen LogP contribution in [-0.2, 0) is 37.1 Å². The lowest BCUT2D eigenvalue weighted by molar-refractivity contribution is -0.146. The molecule has 3 N–H and O–H groups in total. The number of hydrogen-bond acceptors (Lipinski definition) is 6. The fourth-order valence-electron chi connectivity index (χ4n) is 1.97. The van der Waals surface area contributed by atoms with Crippen molar-refractivity contribution in [2.45, 2.75) is 26.0 Å². The number of ether oxygens (including phenoxy) is 1. The lowest BCUT2D eigenvalue weighted by Crippen LogP contribution is -2.50. The Kier molecular flexibility index (Phi) is 5.34. The number of hydrogen-bond donors (Lipinski definition) is 2. The molecule has 0 spiro atoms. The van der Waals surface area contributed by atoms with Gasteiger partial charge < -0.3 is 25.1 Å². The Morgan fingerprint density at radius 3 is 2.74 bits per heavy atom. The van der Waals surface area contributed by atoms with Crippen molar-refractivity contribution in [3.8, 4) is 0 Å². The molecule has 0 aliphatic carbocycles. The molecular formula is C14H17N3O6. The highest BCUT2D eigenvalue weighted by molar-refractivity contribution is 5.92. The van der Waals surface area contributed by atoms with E-state index in [1.165, 1.54) is 4.90 Å². The van der Waals surface area contributed by atoms with E-state index < -0.39 is 11.9 Å². The minimum Gasteiger partial charge on any atom is -0.461 e.